The fourth-order valence-electron chi connectivity index (χ4n) is 4.05. The molecular weight excluding hydrogens is 562 g/mol. The number of nitrogens with one attached hydrogen (secondary N) is 1. The summed E-state index contributed by atoms with van der Waals surface area (Å²) in [5.41, 5.74) is 8.17. The number of pyridine rings is 1. The molecule has 2 amide bonds. The number of ether oxygens (including phenoxy) is 2. The van der Waals surface area contributed by atoms with E-state index in [1.807, 2.05) is 12.1 Å². The molecule has 220 valence electrons. The van der Waals surface area contributed by atoms with Crippen LogP contribution in [0.25, 0.3) is 11.1 Å². The van der Waals surface area contributed by atoms with Crippen molar-refractivity contribution in [3.05, 3.63) is 65.7 Å². The zero-order valence-electron chi connectivity index (χ0n) is 22.0. The molecule has 1 saturated heterocycles. The zero-order chi connectivity index (χ0) is 29.7. The van der Waals surface area contributed by atoms with Crippen molar-refractivity contribution in [3.8, 4) is 28.6 Å². The summed E-state index contributed by atoms with van der Waals surface area (Å²) in [6, 6.07) is 11.9. The molecule has 1 atom stereocenters. The number of rotatable bonds is 9. The van der Waals surface area contributed by atoms with Crippen LogP contribution in [0.1, 0.15) is 18.9 Å². The number of nitrogens with two attached hydrogens (primary N) is 1. The average Bonchev–Trinajstić information content (AvgIpc) is 2.93. The minimum atomic E-state index is -2.70. The molecule has 0 aliphatic carbocycles. The molecule has 1 aliphatic rings. The van der Waals surface area contributed by atoms with Crippen molar-refractivity contribution in [2.24, 2.45) is 5.73 Å². The molecule has 0 saturated carbocycles. The molecule has 0 bridgehead atoms. The van der Waals surface area contributed by atoms with Gasteiger partial charge in [-0.05, 0) is 41.3 Å². The Balaban J connectivity index is 1.67. The van der Waals surface area contributed by atoms with Gasteiger partial charge >= 0.3 is 12.0 Å². The lowest BCUT2D eigenvalue weighted by Gasteiger charge is -2.40. The van der Waals surface area contributed by atoms with Gasteiger partial charge < -0.3 is 30.5 Å². The first-order chi connectivity index (χ1) is 19.5. The largest absolute Gasteiger partial charge is 0.479 e. The van der Waals surface area contributed by atoms with E-state index in [1.165, 1.54) is 17.9 Å². The summed E-state index contributed by atoms with van der Waals surface area (Å²) in [5.74, 6) is -4.95. The molecule has 0 unspecified atom stereocenters. The highest BCUT2D eigenvalue weighted by molar-refractivity contribution is 8.24. The summed E-state index contributed by atoms with van der Waals surface area (Å²) in [5, 5.41) is 12.0. The second kappa shape index (κ2) is 12.7. The molecule has 1 aliphatic heterocycles. The van der Waals surface area contributed by atoms with Gasteiger partial charge in [0.2, 0.25) is 0 Å². The number of aliphatic carboxylic acids is 1. The summed E-state index contributed by atoms with van der Waals surface area (Å²) in [6.45, 7) is 2.11. The van der Waals surface area contributed by atoms with E-state index >= 15 is 0 Å². The van der Waals surface area contributed by atoms with Gasteiger partial charge in [-0.3, -0.25) is 9.11 Å². The van der Waals surface area contributed by atoms with Gasteiger partial charge in [0.05, 0.1) is 11.5 Å². The second-order valence-electron chi connectivity index (χ2n) is 9.30. The van der Waals surface area contributed by atoms with Gasteiger partial charge in [-0.25, -0.2) is 18.4 Å². The lowest BCUT2D eigenvalue weighted by Crippen LogP contribution is -2.44. The molecule has 3 aromatic rings. The molecule has 4 rings (SSSR count). The standard InChI is InChI=1S/C27H30F2N4O7S/c1-2-23(26(34)35)40-25-22(29)14-21(28)24(32-25)39-20-12-18(17-5-3-4-16(10-17)15-30)11-19(13-20)31-27(36)33-6-8-41(37,38)9-7-33/h3-5,10-14,23,37-38H,2,6-9,15,30H2,1H3,(H,31,36)(H,34,35)/t23-/m1/s1. The second-order valence-corrected chi connectivity index (χ2v) is 11.7. The smallest absolute Gasteiger partial charge is 0.344 e. The van der Waals surface area contributed by atoms with Gasteiger partial charge in [0, 0.05) is 37.5 Å². The Morgan fingerprint density at radius 2 is 1.78 bits per heavy atom. The number of carbonyl (C=O) groups is 2. The summed E-state index contributed by atoms with van der Waals surface area (Å²) in [6.07, 6.45) is -1.40. The quantitative estimate of drug-likeness (QED) is 0.227. The minimum Gasteiger partial charge on any atom is -0.479 e. The van der Waals surface area contributed by atoms with Crippen molar-refractivity contribution >= 4 is 28.3 Å². The number of amides is 2. The molecule has 1 fully saturated rings. The van der Waals surface area contributed by atoms with E-state index in [4.69, 9.17) is 15.2 Å². The van der Waals surface area contributed by atoms with Crippen LogP contribution in [0, 0.1) is 11.6 Å². The van der Waals surface area contributed by atoms with Gasteiger partial charge in [-0.2, -0.15) is 15.6 Å². The molecular formula is C27H30F2N4O7S. The van der Waals surface area contributed by atoms with Crippen LogP contribution in [-0.2, 0) is 11.3 Å². The van der Waals surface area contributed by atoms with E-state index in [0.29, 0.717) is 17.2 Å². The molecule has 0 spiro atoms. The molecule has 11 nitrogen and oxygen atoms in total. The Hall–Kier alpha value is -3.98. The van der Waals surface area contributed by atoms with Gasteiger partial charge in [0.25, 0.3) is 11.8 Å². The molecule has 2 heterocycles. The summed E-state index contributed by atoms with van der Waals surface area (Å²) in [7, 11) is -2.70. The predicted octanol–water partition coefficient (Wildman–Crippen LogP) is 5.12. The Bertz CT molecular complexity index is 1430. The molecule has 0 radical (unpaired) electrons. The van der Waals surface area contributed by atoms with Gasteiger partial charge in [0.1, 0.15) is 5.75 Å². The highest BCUT2D eigenvalue weighted by atomic mass is 32.3. The number of hydrogen-bond acceptors (Lipinski definition) is 8. The van der Waals surface area contributed by atoms with E-state index in [9.17, 15) is 32.6 Å². The SMILES string of the molecule is CC[C@@H](Oc1nc(Oc2cc(NC(=O)N3CCS(O)(O)CC3)cc(-c3cccc(CN)c3)c2)c(F)cc1F)C(=O)O. The topological polar surface area (TPSA) is 167 Å². The average molecular weight is 593 g/mol. The number of aromatic nitrogens is 1. The van der Waals surface area contributed by atoms with Crippen LogP contribution in [-0.4, -0.2) is 66.8 Å². The van der Waals surface area contributed by atoms with Crippen LogP contribution in [0.5, 0.6) is 17.5 Å². The minimum absolute atomic E-state index is 0.00686. The van der Waals surface area contributed by atoms with Gasteiger partial charge in [-0.1, -0.05) is 25.1 Å². The number of carbonyl (C=O) groups excluding carboxylic acids is 1. The van der Waals surface area contributed by atoms with Crippen LogP contribution in [0.15, 0.2) is 48.5 Å². The number of nitrogens with zero attached hydrogens (tertiary/aromatic N) is 2. The number of hydrogen-bond donors (Lipinski definition) is 5. The first-order valence-corrected chi connectivity index (χ1v) is 14.5. The highest BCUT2D eigenvalue weighted by Gasteiger charge is 2.26. The Kier molecular flexibility index (Phi) is 9.28. The lowest BCUT2D eigenvalue weighted by molar-refractivity contribution is -0.145. The van der Waals surface area contributed by atoms with Crippen molar-refractivity contribution < 1.29 is 42.1 Å². The van der Waals surface area contributed by atoms with Crippen LogP contribution in [0.4, 0.5) is 19.3 Å². The normalized spacial score (nSPS) is 16.0. The molecule has 14 heteroatoms. The number of halogens is 2. The summed E-state index contributed by atoms with van der Waals surface area (Å²) < 4.78 is 59.5. The molecule has 41 heavy (non-hydrogen) atoms. The van der Waals surface area contributed by atoms with Crippen molar-refractivity contribution in [2.45, 2.75) is 26.0 Å². The Morgan fingerprint density at radius 1 is 1.07 bits per heavy atom. The first kappa shape index (κ1) is 30.0. The third kappa shape index (κ3) is 7.61. The molecule has 1 aromatic heterocycles. The number of anilines is 1. The maximum Gasteiger partial charge on any atom is 0.344 e. The third-order valence-corrected chi connectivity index (χ3v) is 7.97. The summed E-state index contributed by atoms with van der Waals surface area (Å²) in [4.78, 5) is 29.4. The Morgan fingerprint density at radius 3 is 2.44 bits per heavy atom. The van der Waals surface area contributed by atoms with E-state index in [2.05, 4.69) is 10.3 Å². The van der Waals surface area contributed by atoms with Crippen molar-refractivity contribution in [1.29, 1.82) is 0 Å². The lowest BCUT2D eigenvalue weighted by atomic mass is 10.0. The van der Waals surface area contributed by atoms with Gasteiger partial charge in [0.15, 0.2) is 17.7 Å². The van der Waals surface area contributed by atoms with Crippen LogP contribution in [0.3, 0.4) is 0 Å². The molecule has 2 aromatic carbocycles. The van der Waals surface area contributed by atoms with Gasteiger partial charge in [-0.15, -0.1) is 0 Å². The Labute approximate surface area is 236 Å². The molecule has 6 N–H and O–H groups in total. The van der Waals surface area contributed by atoms with E-state index in [0.717, 1.165) is 5.56 Å². The number of urea groups is 1. The van der Waals surface area contributed by atoms with E-state index in [1.54, 1.807) is 24.3 Å². The van der Waals surface area contributed by atoms with Crippen molar-refractivity contribution in [3.63, 3.8) is 0 Å². The number of benzene rings is 2. The summed E-state index contributed by atoms with van der Waals surface area (Å²) >= 11 is 0. The number of carboxylic acid groups (broad SMARTS) is 1. The van der Waals surface area contributed by atoms with E-state index < -0.39 is 52.1 Å². The fourth-order valence-corrected chi connectivity index (χ4v) is 5.28. The number of carboxylic acids is 1. The fraction of sp³-hybridized carbons (Fsp3) is 0.296. The van der Waals surface area contributed by atoms with Crippen molar-refractivity contribution in [2.75, 3.05) is 29.9 Å². The van der Waals surface area contributed by atoms with Crippen LogP contribution in [0.2, 0.25) is 0 Å². The van der Waals surface area contributed by atoms with Crippen LogP contribution < -0.4 is 20.5 Å². The van der Waals surface area contributed by atoms with Crippen LogP contribution >= 0.6 is 10.6 Å². The highest BCUT2D eigenvalue weighted by Crippen LogP contribution is 2.40. The predicted molar refractivity (Wildman–Crippen MR) is 150 cm³/mol. The first-order valence-electron chi connectivity index (χ1n) is 12.7. The third-order valence-electron chi connectivity index (χ3n) is 6.30. The maximum atomic E-state index is 14.7. The zero-order valence-corrected chi connectivity index (χ0v) is 22.9. The maximum absolute atomic E-state index is 14.7. The monoisotopic (exact) mass is 592 g/mol. The van der Waals surface area contributed by atoms with Crippen molar-refractivity contribution in [1.82, 2.24) is 9.88 Å². The van der Waals surface area contributed by atoms with E-state index in [-0.39, 0.29) is 49.0 Å².